The van der Waals surface area contributed by atoms with Crippen molar-refractivity contribution >= 4 is 5.82 Å². The molecule has 1 N–H and O–H groups in total. The Bertz CT molecular complexity index is 812. The van der Waals surface area contributed by atoms with Crippen LogP contribution in [0.1, 0.15) is 25.7 Å². The average Bonchev–Trinajstić information content (AvgIpc) is 3.30. The number of likely N-dealkylation sites (tertiary alicyclic amines) is 1. The van der Waals surface area contributed by atoms with Crippen LogP contribution in [-0.2, 0) is 4.74 Å². The molecule has 0 spiro atoms. The fourth-order valence-electron chi connectivity index (χ4n) is 5.24. The van der Waals surface area contributed by atoms with Gasteiger partial charge in [0, 0.05) is 45.0 Å². The molecule has 3 fully saturated rings. The van der Waals surface area contributed by atoms with Gasteiger partial charge >= 0.3 is 0 Å². The molecule has 0 radical (unpaired) electrons. The van der Waals surface area contributed by atoms with Crippen molar-refractivity contribution in [3.8, 4) is 11.6 Å². The summed E-state index contributed by atoms with van der Waals surface area (Å²) in [5.41, 5.74) is 0. The number of ether oxygens (including phenoxy) is 2. The lowest BCUT2D eigenvalue weighted by atomic mass is 10.00. The van der Waals surface area contributed by atoms with Crippen LogP contribution in [-0.4, -0.2) is 54.0 Å². The molecule has 1 saturated carbocycles. The predicted molar refractivity (Wildman–Crippen MR) is 112 cm³/mol. The molecule has 1 aromatic carbocycles. The van der Waals surface area contributed by atoms with Crippen LogP contribution < -0.4 is 10.1 Å². The molecule has 2 saturated heterocycles. The van der Waals surface area contributed by atoms with Gasteiger partial charge in [-0.05, 0) is 73.8 Å². The number of rotatable bonds is 6. The van der Waals surface area contributed by atoms with Gasteiger partial charge < -0.3 is 19.7 Å². The Morgan fingerprint density at radius 3 is 2.40 bits per heavy atom. The fourth-order valence-corrected chi connectivity index (χ4v) is 5.24. The van der Waals surface area contributed by atoms with E-state index in [1.54, 1.807) is 18.2 Å². The van der Waals surface area contributed by atoms with Crippen LogP contribution in [0, 0.1) is 23.6 Å². The summed E-state index contributed by atoms with van der Waals surface area (Å²) in [6.45, 7) is 5.58. The van der Waals surface area contributed by atoms with Crippen LogP contribution in [0.5, 0.6) is 11.6 Å². The van der Waals surface area contributed by atoms with Crippen molar-refractivity contribution in [1.82, 2.24) is 15.1 Å². The number of hydrogen-bond acceptors (Lipinski definition) is 6. The topological polar surface area (TPSA) is 59.5 Å². The molecule has 3 aliphatic rings. The highest BCUT2D eigenvalue weighted by molar-refractivity contribution is 5.37. The zero-order valence-electron chi connectivity index (χ0n) is 17.2. The number of nitrogens with zero attached hydrogens (tertiary/aromatic N) is 3. The van der Waals surface area contributed by atoms with Crippen LogP contribution >= 0.6 is 0 Å². The van der Waals surface area contributed by atoms with Crippen LogP contribution in [0.15, 0.2) is 36.4 Å². The lowest BCUT2D eigenvalue weighted by Gasteiger charge is -2.27. The quantitative estimate of drug-likeness (QED) is 0.775. The summed E-state index contributed by atoms with van der Waals surface area (Å²) in [6, 6.07) is 10.0. The third kappa shape index (κ3) is 4.73. The minimum Gasteiger partial charge on any atom is -0.438 e. The van der Waals surface area contributed by atoms with Gasteiger partial charge in [-0.3, -0.25) is 0 Å². The lowest BCUT2D eigenvalue weighted by Crippen LogP contribution is -2.32. The molecule has 2 aliphatic heterocycles. The summed E-state index contributed by atoms with van der Waals surface area (Å²) in [7, 11) is 0. The monoisotopic (exact) mass is 412 g/mol. The Morgan fingerprint density at radius 2 is 1.73 bits per heavy atom. The first-order valence-corrected chi connectivity index (χ1v) is 11.0. The van der Waals surface area contributed by atoms with Crippen molar-refractivity contribution in [2.24, 2.45) is 17.8 Å². The summed E-state index contributed by atoms with van der Waals surface area (Å²) in [6.07, 6.45) is 4.83. The molecule has 6 nitrogen and oxygen atoms in total. The molecular weight excluding hydrogens is 383 g/mol. The normalized spacial score (nSPS) is 27.2. The first-order chi connectivity index (χ1) is 14.7. The third-order valence-electron chi connectivity index (χ3n) is 6.71. The molecule has 30 heavy (non-hydrogen) atoms. The number of benzene rings is 1. The highest BCUT2D eigenvalue weighted by Crippen LogP contribution is 2.39. The minimum atomic E-state index is -0.291. The molecule has 0 bridgehead atoms. The van der Waals surface area contributed by atoms with E-state index in [-0.39, 0.29) is 5.82 Å². The summed E-state index contributed by atoms with van der Waals surface area (Å²) in [4.78, 5) is 2.68. The molecular formula is C23H29FN4O2. The Balaban J connectivity index is 1.09. The van der Waals surface area contributed by atoms with E-state index in [1.807, 2.05) is 6.07 Å². The van der Waals surface area contributed by atoms with Crippen molar-refractivity contribution < 1.29 is 13.9 Å². The van der Waals surface area contributed by atoms with Gasteiger partial charge in [0.25, 0.3) is 0 Å². The Hall–Kier alpha value is -2.25. The van der Waals surface area contributed by atoms with Crippen molar-refractivity contribution in [3.63, 3.8) is 0 Å². The number of anilines is 1. The lowest BCUT2D eigenvalue weighted by molar-refractivity contribution is 0.0545. The van der Waals surface area contributed by atoms with E-state index >= 15 is 0 Å². The second-order valence-electron chi connectivity index (χ2n) is 8.92. The summed E-state index contributed by atoms with van der Waals surface area (Å²) < 4.78 is 24.1. The molecule has 7 heteroatoms. The van der Waals surface area contributed by atoms with Crippen molar-refractivity contribution in [2.75, 3.05) is 38.2 Å². The maximum Gasteiger partial charge on any atom is 0.238 e. The fraction of sp³-hybridized carbons (Fsp3) is 0.565. The van der Waals surface area contributed by atoms with Gasteiger partial charge in [-0.25, -0.2) is 4.39 Å². The van der Waals surface area contributed by atoms with Crippen LogP contribution in [0.3, 0.4) is 0 Å². The van der Waals surface area contributed by atoms with Gasteiger partial charge in [-0.2, -0.15) is 0 Å². The molecule has 0 unspecified atom stereocenters. The smallest absolute Gasteiger partial charge is 0.238 e. The van der Waals surface area contributed by atoms with Gasteiger partial charge in [0.2, 0.25) is 5.88 Å². The Kier molecular flexibility index (Phi) is 5.82. The minimum absolute atomic E-state index is 0.291. The molecule has 5 rings (SSSR count). The van der Waals surface area contributed by atoms with Gasteiger partial charge in [0.05, 0.1) is 0 Å². The van der Waals surface area contributed by atoms with Gasteiger partial charge in [0.1, 0.15) is 17.4 Å². The molecule has 160 valence electrons. The standard InChI is InChI=1S/C23H29FN4O2/c24-19-1-3-21(4-2-19)30-23-6-5-22(26-27-23)25-20-11-17-14-28(15-18(17)12-20)13-16-7-9-29-10-8-16/h1-6,16-18,20H,7-15H2,(H,25,26)/t17-,18+,20-. The summed E-state index contributed by atoms with van der Waals surface area (Å²) >= 11 is 0. The number of hydrogen-bond donors (Lipinski definition) is 1. The zero-order chi connectivity index (χ0) is 20.3. The summed E-state index contributed by atoms with van der Waals surface area (Å²) in [5.74, 6) is 3.83. The Morgan fingerprint density at radius 1 is 1.00 bits per heavy atom. The van der Waals surface area contributed by atoms with Gasteiger partial charge in [0.15, 0.2) is 0 Å². The second kappa shape index (κ2) is 8.86. The van der Waals surface area contributed by atoms with E-state index in [1.165, 1.54) is 57.5 Å². The molecule has 0 amide bonds. The van der Waals surface area contributed by atoms with Crippen LogP contribution in [0.2, 0.25) is 0 Å². The van der Waals surface area contributed by atoms with Crippen molar-refractivity contribution in [3.05, 3.63) is 42.2 Å². The molecule has 1 aliphatic carbocycles. The van der Waals surface area contributed by atoms with Crippen molar-refractivity contribution in [2.45, 2.75) is 31.7 Å². The highest BCUT2D eigenvalue weighted by atomic mass is 19.1. The first kappa shape index (κ1) is 19.7. The maximum absolute atomic E-state index is 13.0. The molecule has 3 heterocycles. The van der Waals surface area contributed by atoms with Gasteiger partial charge in [-0.1, -0.05) is 0 Å². The molecule has 1 aromatic heterocycles. The van der Waals surface area contributed by atoms with E-state index in [0.29, 0.717) is 17.7 Å². The third-order valence-corrected chi connectivity index (χ3v) is 6.71. The predicted octanol–water partition coefficient (Wildman–Crippen LogP) is 3.96. The van der Waals surface area contributed by atoms with E-state index < -0.39 is 0 Å². The van der Waals surface area contributed by atoms with Crippen LogP contribution in [0.25, 0.3) is 0 Å². The van der Waals surface area contributed by atoms with E-state index in [0.717, 1.165) is 36.8 Å². The number of fused-ring (bicyclic) bond motifs is 1. The van der Waals surface area contributed by atoms with Gasteiger partial charge in [-0.15, -0.1) is 10.2 Å². The second-order valence-corrected chi connectivity index (χ2v) is 8.92. The van der Waals surface area contributed by atoms with E-state index in [4.69, 9.17) is 9.47 Å². The van der Waals surface area contributed by atoms with Crippen LogP contribution in [0.4, 0.5) is 10.2 Å². The molecule has 2 aromatic rings. The van der Waals surface area contributed by atoms with E-state index in [9.17, 15) is 4.39 Å². The zero-order valence-corrected chi connectivity index (χ0v) is 17.2. The Labute approximate surface area is 176 Å². The van der Waals surface area contributed by atoms with Crippen molar-refractivity contribution in [1.29, 1.82) is 0 Å². The SMILES string of the molecule is Fc1ccc(Oc2ccc(N[C@@H]3C[C@@H]4CN(CC5CCOCC5)C[C@@H]4C3)nn2)cc1. The number of aromatic nitrogens is 2. The van der Waals surface area contributed by atoms with E-state index in [2.05, 4.69) is 20.4 Å². The highest BCUT2D eigenvalue weighted by Gasteiger charge is 2.41. The first-order valence-electron chi connectivity index (χ1n) is 11.0. The number of halogens is 1. The number of nitrogens with one attached hydrogen (secondary N) is 1. The largest absolute Gasteiger partial charge is 0.438 e. The maximum atomic E-state index is 13.0. The average molecular weight is 413 g/mol. The summed E-state index contributed by atoms with van der Waals surface area (Å²) in [5, 5.41) is 12.0. The molecule has 3 atom stereocenters.